The van der Waals surface area contributed by atoms with E-state index in [1.807, 2.05) is 31.9 Å². The van der Waals surface area contributed by atoms with Crippen LogP contribution in [0.1, 0.15) is 20.3 Å². The summed E-state index contributed by atoms with van der Waals surface area (Å²) in [5, 5.41) is 12.3. The highest BCUT2D eigenvalue weighted by molar-refractivity contribution is 5.82. The number of allylic oxidation sites excluding steroid dienone is 1. The van der Waals surface area contributed by atoms with Crippen molar-refractivity contribution in [2.75, 3.05) is 20.1 Å². The molecule has 0 aromatic carbocycles. The normalized spacial score (nSPS) is 28.1. The maximum Gasteiger partial charge on any atom is 0.237 e. The van der Waals surface area contributed by atoms with Gasteiger partial charge in [0, 0.05) is 13.1 Å². The minimum Gasteiger partial charge on any atom is -0.392 e. The van der Waals surface area contributed by atoms with Gasteiger partial charge >= 0.3 is 0 Å². The van der Waals surface area contributed by atoms with E-state index in [0.717, 1.165) is 5.57 Å². The predicted molar refractivity (Wildman–Crippen MR) is 59.5 cm³/mol. The third kappa shape index (κ3) is 3.32. The number of rotatable bonds is 3. The van der Waals surface area contributed by atoms with Crippen LogP contribution in [0.2, 0.25) is 0 Å². The number of nitrogens with one attached hydrogen (secondary N) is 1. The number of aliphatic hydroxyl groups excluding tert-OH is 1. The predicted octanol–water partition coefficient (Wildman–Crippen LogP) is 0.134. The van der Waals surface area contributed by atoms with Gasteiger partial charge in [-0.3, -0.25) is 9.69 Å². The van der Waals surface area contributed by atoms with Gasteiger partial charge in [0.25, 0.3) is 0 Å². The molecule has 0 bridgehead atoms. The first kappa shape index (κ1) is 12.2. The number of aliphatic hydroxyl groups is 1. The molecule has 1 saturated heterocycles. The van der Waals surface area contributed by atoms with Crippen LogP contribution in [0, 0.1) is 0 Å². The van der Waals surface area contributed by atoms with Gasteiger partial charge in [0.1, 0.15) is 0 Å². The third-order valence-electron chi connectivity index (χ3n) is 2.86. The highest BCUT2D eigenvalue weighted by atomic mass is 16.3. The molecule has 0 aromatic rings. The Balaban J connectivity index is 2.41. The van der Waals surface area contributed by atoms with Crippen molar-refractivity contribution in [3.05, 3.63) is 11.6 Å². The van der Waals surface area contributed by atoms with Crippen LogP contribution in [0.3, 0.4) is 0 Å². The number of hydrogen-bond acceptors (Lipinski definition) is 3. The van der Waals surface area contributed by atoms with E-state index in [2.05, 4.69) is 5.32 Å². The molecule has 0 aliphatic carbocycles. The fraction of sp³-hybridized carbons (Fsp3) is 0.727. The maximum absolute atomic E-state index is 11.7. The van der Waals surface area contributed by atoms with Crippen molar-refractivity contribution in [1.29, 1.82) is 0 Å². The van der Waals surface area contributed by atoms with Crippen LogP contribution in [-0.4, -0.2) is 48.2 Å². The number of carbonyl (C=O) groups excluding carboxylic acids is 1. The number of likely N-dealkylation sites (N-methyl/N-ethyl adjacent to an activating group) is 1. The van der Waals surface area contributed by atoms with E-state index in [1.54, 1.807) is 0 Å². The van der Waals surface area contributed by atoms with Crippen molar-refractivity contribution in [2.24, 2.45) is 0 Å². The van der Waals surface area contributed by atoms with Crippen LogP contribution in [0.15, 0.2) is 11.6 Å². The molecule has 86 valence electrons. The molecule has 0 unspecified atom stereocenters. The lowest BCUT2D eigenvalue weighted by molar-refractivity contribution is -0.124. The summed E-state index contributed by atoms with van der Waals surface area (Å²) in [6.45, 7) is 5.11. The zero-order valence-electron chi connectivity index (χ0n) is 9.66. The van der Waals surface area contributed by atoms with Crippen molar-refractivity contribution < 1.29 is 9.90 Å². The van der Waals surface area contributed by atoms with Crippen LogP contribution < -0.4 is 5.32 Å². The largest absolute Gasteiger partial charge is 0.392 e. The van der Waals surface area contributed by atoms with E-state index >= 15 is 0 Å². The molecule has 1 aliphatic rings. The average molecular weight is 212 g/mol. The molecule has 0 saturated carbocycles. The summed E-state index contributed by atoms with van der Waals surface area (Å²) >= 11 is 0. The molecule has 0 aromatic heterocycles. The van der Waals surface area contributed by atoms with Crippen LogP contribution in [-0.2, 0) is 4.79 Å². The molecule has 1 rings (SSSR count). The van der Waals surface area contributed by atoms with Gasteiger partial charge in [0.05, 0.1) is 12.1 Å². The van der Waals surface area contributed by atoms with Crippen LogP contribution in [0.25, 0.3) is 0 Å². The zero-order chi connectivity index (χ0) is 11.4. The van der Waals surface area contributed by atoms with Gasteiger partial charge in [-0.2, -0.15) is 0 Å². The summed E-state index contributed by atoms with van der Waals surface area (Å²) in [6, 6.07) is -0.176. The van der Waals surface area contributed by atoms with Crippen LogP contribution in [0.4, 0.5) is 0 Å². The Bertz CT molecular complexity index is 263. The number of likely N-dealkylation sites (tertiary alicyclic amines) is 1. The number of nitrogens with zero attached hydrogens (tertiary/aromatic N) is 1. The van der Waals surface area contributed by atoms with Gasteiger partial charge < -0.3 is 10.4 Å². The van der Waals surface area contributed by atoms with Gasteiger partial charge in [-0.05, 0) is 27.3 Å². The van der Waals surface area contributed by atoms with Crippen molar-refractivity contribution in [3.8, 4) is 0 Å². The molecular formula is C11H20N2O2. The summed E-state index contributed by atoms with van der Waals surface area (Å²) < 4.78 is 0. The van der Waals surface area contributed by atoms with Gasteiger partial charge in [-0.25, -0.2) is 0 Å². The second-order valence-electron chi connectivity index (χ2n) is 4.20. The quantitative estimate of drug-likeness (QED) is 0.654. The molecule has 15 heavy (non-hydrogen) atoms. The molecule has 0 spiro atoms. The third-order valence-corrected chi connectivity index (χ3v) is 2.86. The molecule has 1 fully saturated rings. The van der Waals surface area contributed by atoms with Crippen molar-refractivity contribution in [2.45, 2.75) is 32.4 Å². The lowest BCUT2D eigenvalue weighted by Crippen LogP contribution is -2.41. The molecule has 4 nitrogen and oxygen atoms in total. The molecule has 0 radical (unpaired) electrons. The zero-order valence-corrected chi connectivity index (χ0v) is 9.66. The Hall–Kier alpha value is -0.870. The van der Waals surface area contributed by atoms with Gasteiger partial charge in [-0.1, -0.05) is 11.6 Å². The van der Waals surface area contributed by atoms with E-state index in [4.69, 9.17) is 0 Å². The van der Waals surface area contributed by atoms with E-state index in [9.17, 15) is 9.90 Å². The summed E-state index contributed by atoms with van der Waals surface area (Å²) in [7, 11) is 1.86. The first-order valence-electron chi connectivity index (χ1n) is 5.32. The monoisotopic (exact) mass is 212 g/mol. The molecule has 2 N–H and O–H groups in total. The Morgan fingerprint density at radius 2 is 2.33 bits per heavy atom. The average Bonchev–Trinajstić information content (AvgIpc) is 2.53. The molecule has 2 atom stereocenters. The standard InChI is InChI=1S/C11H20N2O2/c1-4-8(2)6-12-11(15)10-5-9(14)7-13(10)3/h4,9-10,14H,5-7H2,1-3H3,(H,12,15)/b8-4+/t9-,10+/m1/s1. The van der Waals surface area contributed by atoms with Crippen molar-refractivity contribution in [3.63, 3.8) is 0 Å². The van der Waals surface area contributed by atoms with Gasteiger partial charge in [0.15, 0.2) is 0 Å². The lowest BCUT2D eigenvalue weighted by atomic mass is 10.2. The Labute approximate surface area is 91.0 Å². The minimum absolute atomic E-state index is 0.00949. The fourth-order valence-corrected chi connectivity index (χ4v) is 1.73. The Kier molecular flexibility index (Phi) is 4.29. The summed E-state index contributed by atoms with van der Waals surface area (Å²) in [6.07, 6.45) is 2.15. The highest BCUT2D eigenvalue weighted by Gasteiger charge is 2.32. The second-order valence-corrected chi connectivity index (χ2v) is 4.20. The number of β-amino-alcohol motifs (C(OH)–C–C–N with tert-alkyl or cyclic N) is 1. The number of hydrogen-bond donors (Lipinski definition) is 2. The molecule has 4 heteroatoms. The molecule has 1 heterocycles. The first-order valence-corrected chi connectivity index (χ1v) is 5.32. The van der Waals surface area contributed by atoms with Gasteiger partial charge in [0.2, 0.25) is 5.91 Å². The van der Waals surface area contributed by atoms with E-state index < -0.39 is 0 Å². The smallest absolute Gasteiger partial charge is 0.237 e. The summed E-state index contributed by atoms with van der Waals surface area (Å²) in [5.41, 5.74) is 1.14. The summed E-state index contributed by atoms with van der Waals surface area (Å²) in [4.78, 5) is 13.6. The van der Waals surface area contributed by atoms with Gasteiger partial charge in [-0.15, -0.1) is 0 Å². The van der Waals surface area contributed by atoms with Crippen LogP contribution in [0.5, 0.6) is 0 Å². The minimum atomic E-state index is -0.367. The molecule has 1 aliphatic heterocycles. The van der Waals surface area contributed by atoms with Crippen molar-refractivity contribution in [1.82, 2.24) is 10.2 Å². The highest BCUT2D eigenvalue weighted by Crippen LogP contribution is 2.15. The van der Waals surface area contributed by atoms with Crippen molar-refractivity contribution >= 4 is 5.91 Å². The Morgan fingerprint density at radius 1 is 1.67 bits per heavy atom. The summed E-state index contributed by atoms with van der Waals surface area (Å²) in [5.74, 6) is 0.00949. The molecular weight excluding hydrogens is 192 g/mol. The topological polar surface area (TPSA) is 52.6 Å². The Morgan fingerprint density at radius 3 is 2.80 bits per heavy atom. The number of carbonyl (C=O) groups is 1. The second kappa shape index (κ2) is 5.28. The van der Waals surface area contributed by atoms with E-state index in [1.165, 1.54) is 0 Å². The lowest BCUT2D eigenvalue weighted by Gasteiger charge is -2.18. The fourth-order valence-electron chi connectivity index (χ4n) is 1.73. The molecule has 1 amide bonds. The van der Waals surface area contributed by atoms with E-state index in [0.29, 0.717) is 19.5 Å². The SMILES string of the molecule is C/C=C(\C)CNC(=O)[C@@H]1C[C@@H](O)CN1C. The number of amides is 1. The van der Waals surface area contributed by atoms with Crippen LogP contribution >= 0.6 is 0 Å². The first-order chi connectivity index (χ1) is 7.04. The maximum atomic E-state index is 11.7. The van der Waals surface area contributed by atoms with E-state index in [-0.39, 0.29) is 18.1 Å².